The highest BCUT2D eigenvalue weighted by molar-refractivity contribution is 7.91. The molecular weight excluding hydrogens is 432 g/mol. The first-order chi connectivity index (χ1) is 14.9. The normalized spacial score (nSPS) is 23.7. The van der Waals surface area contributed by atoms with Gasteiger partial charge in [0.25, 0.3) is 0 Å². The van der Waals surface area contributed by atoms with Crippen molar-refractivity contribution in [3.8, 4) is 11.5 Å². The van der Waals surface area contributed by atoms with Gasteiger partial charge in [-0.3, -0.25) is 0 Å². The molecule has 0 radical (unpaired) electrons. The van der Waals surface area contributed by atoms with Crippen molar-refractivity contribution < 1.29 is 12.8 Å². The predicted octanol–water partition coefficient (Wildman–Crippen LogP) is 6.06. The van der Waals surface area contributed by atoms with Crippen molar-refractivity contribution in [3.63, 3.8) is 0 Å². The Hall–Kier alpha value is -2.31. The SMILES string of the molecule is C[C@H](Nc1oc(-c2ccccc2Cl)nc1S(=O)(=O)c1ccccc1)[C@H]1C[C@H]2CC[C@H]1C2. The van der Waals surface area contributed by atoms with Crippen molar-refractivity contribution in [2.45, 2.75) is 48.6 Å². The van der Waals surface area contributed by atoms with Crippen molar-refractivity contribution in [1.82, 2.24) is 4.98 Å². The van der Waals surface area contributed by atoms with E-state index in [-0.39, 0.29) is 27.7 Å². The van der Waals surface area contributed by atoms with Crippen molar-refractivity contribution in [3.05, 3.63) is 59.6 Å². The number of sulfone groups is 1. The van der Waals surface area contributed by atoms with Crippen LogP contribution in [0.15, 0.2) is 68.9 Å². The average Bonchev–Trinajstić information content (AvgIpc) is 3.51. The van der Waals surface area contributed by atoms with Gasteiger partial charge in [0.1, 0.15) is 0 Å². The largest absolute Gasteiger partial charge is 0.419 e. The molecule has 1 aromatic heterocycles. The molecule has 2 aliphatic rings. The van der Waals surface area contributed by atoms with Gasteiger partial charge in [-0.15, -0.1) is 0 Å². The molecule has 0 spiro atoms. The number of oxazole rings is 1. The Morgan fingerprint density at radius 1 is 1.06 bits per heavy atom. The van der Waals surface area contributed by atoms with Gasteiger partial charge in [-0.2, -0.15) is 4.98 Å². The Labute approximate surface area is 187 Å². The molecule has 5 rings (SSSR count). The van der Waals surface area contributed by atoms with E-state index in [0.717, 1.165) is 5.92 Å². The van der Waals surface area contributed by atoms with E-state index in [1.165, 1.54) is 25.7 Å². The lowest BCUT2D eigenvalue weighted by Crippen LogP contribution is -2.30. The van der Waals surface area contributed by atoms with Crippen molar-refractivity contribution in [1.29, 1.82) is 0 Å². The summed E-state index contributed by atoms with van der Waals surface area (Å²) < 4.78 is 32.9. The molecule has 0 amide bonds. The van der Waals surface area contributed by atoms with Crippen LogP contribution >= 0.6 is 11.6 Å². The summed E-state index contributed by atoms with van der Waals surface area (Å²) in [5, 5.41) is 3.74. The molecule has 0 aliphatic heterocycles. The van der Waals surface area contributed by atoms with Crippen LogP contribution in [0.5, 0.6) is 0 Å². The summed E-state index contributed by atoms with van der Waals surface area (Å²) in [4.78, 5) is 4.60. The summed E-state index contributed by atoms with van der Waals surface area (Å²) in [7, 11) is -3.86. The highest BCUT2D eigenvalue weighted by Crippen LogP contribution is 2.50. The van der Waals surface area contributed by atoms with Crippen LogP contribution in [0.25, 0.3) is 11.5 Å². The summed E-state index contributed by atoms with van der Waals surface area (Å²) >= 11 is 6.33. The zero-order valence-electron chi connectivity index (χ0n) is 17.3. The Morgan fingerprint density at radius 3 is 2.48 bits per heavy atom. The summed E-state index contributed by atoms with van der Waals surface area (Å²) in [5.41, 5.74) is 0.564. The van der Waals surface area contributed by atoms with Crippen molar-refractivity contribution in [2.75, 3.05) is 5.32 Å². The van der Waals surface area contributed by atoms with Gasteiger partial charge in [0, 0.05) is 6.04 Å². The number of rotatable bonds is 6. The maximum Gasteiger partial charge on any atom is 0.234 e. The topological polar surface area (TPSA) is 72.2 Å². The van der Waals surface area contributed by atoms with Gasteiger partial charge in [-0.1, -0.05) is 48.4 Å². The highest BCUT2D eigenvalue weighted by Gasteiger charge is 2.42. The standard InChI is InChI=1S/C24H25ClN2O3S/c1-15(20-14-16-11-12-17(20)13-16)26-23-24(31(28,29)18-7-3-2-4-8-18)27-22(30-23)19-9-5-6-10-21(19)25/h2-10,15-17,20,26H,11-14H2,1H3/t15-,16-,17-,20+/m0/s1. The molecule has 0 unspecified atom stereocenters. The third kappa shape index (κ3) is 3.76. The average molecular weight is 457 g/mol. The molecule has 0 saturated heterocycles. The molecule has 1 N–H and O–H groups in total. The number of nitrogens with zero attached hydrogens (tertiary/aromatic N) is 1. The lowest BCUT2D eigenvalue weighted by Gasteiger charge is -2.28. The number of anilines is 1. The lowest BCUT2D eigenvalue weighted by molar-refractivity contribution is 0.301. The van der Waals surface area contributed by atoms with E-state index in [2.05, 4.69) is 17.2 Å². The Bertz CT molecular complexity index is 1190. The van der Waals surface area contributed by atoms with Gasteiger partial charge in [-0.05, 0) is 68.2 Å². The number of hydrogen-bond donors (Lipinski definition) is 1. The highest BCUT2D eigenvalue weighted by atomic mass is 35.5. The van der Waals surface area contributed by atoms with Gasteiger partial charge >= 0.3 is 0 Å². The third-order valence-electron chi connectivity index (χ3n) is 6.80. The fourth-order valence-corrected chi connectivity index (χ4v) is 6.76. The molecule has 2 saturated carbocycles. The number of benzene rings is 2. The van der Waals surface area contributed by atoms with Crippen LogP contribution in [0, 0.1) is 17.8 Å². The van der Waals surface area contributed by atoms with Crippen LogP contribution in [0.2, 0.25) is 5.02 Å². The van der Waals surface area contributed by atoms with Gasteiger partial charge < -0.3 is 9.73 Å². The van der Waals surface area contributed by atoms with E-state index in [4.69, 9.17) is 16.0 Å². The van der Waals surface area contributed by atoms with Crippen LogP contribution < -0.4 is 5.32 Å². The summed E-state index contributed by atoms with van der Waals surface area (Å²) in [6.45, 7) is 2.11. The monoisotopic (exact) mass is 456 g/mol. The van der Waals surface area contributed by atoms with Crippen LogP contribution in [-0.2, 0) is 9.84 Å². The van der Waals surface area contributed by atoms with E-state index in [1.807, 2.05) is 12.1 Å². The second-order valence-corrected chi connectivity index (χ2v) is 11.0. The Balaban J connectivity index is 1.55. The van der Waals surface area contributed by atoms with E-state index >= 15 is 0 Å². The van der Waals surface area contributed by atoms with Gasteiger partial charge in [0.15, 0.2) is 0 Å². The molecule has 7 heteroatoms. The fraction of sp³-hybridized carbons (Fsp3) is 0.375. The zero-order valence-corrected chi connectivity index (χ0v) is 18.9. The van der Waals surface area contributed by atoms with Crippen molar-refractivity contribution >= 4 is 27.3 Å². The second-order valence-electron chi connectivity index (χ2n) is 8.72. The molecular formula is C24H25ClN2O3S. The Morgan fingerprint density at radius 2 is 1.81 bits per heavy atom. The number of nitrogens with one attached hydrogen (secondary N) is 1. The molecule has 1 heterocycles. The molecule has 4 atom stereocenters. The zero-order chi connectivity index (χ0) is 21.6. The molecule has 3 aromatic rings. The fourth-order valence-electron chi connectivity index (χ4n) is 5.26. The molecule has 5 nitrogen and oxygen atoms in total. The first kappa shape index (κ1) is 20.6. The van der Waals surface area contributed by atoms with E-state index in [1.54, 1.807) is 42.5 Å². The molecule has 2 bridgehead atoms. The maximum atomic E-state index is 13.4. The van der Waals surface area contributed by atoms with Crippen LogP contribution in [0.4, 0.5) is 5.88 Å². The van der Waals surface area contributed by atoms with E-state index < -0.39 is 9.84 Å². The van der Waals surface area contributed by atoms with Crippen LogP contribution in [0.1, 0.15) is 32.6 Å². The van der Waals surface area contributed by atoms with Crippen LogP contribution in [-0.4, -0.2) is 19.4 Å². The number of fused-ring (bicyclic) bond motifs is 2. The van der Waals surface area contributed by atoms with E-state index in [0.29, 0.717) is 22.4 Å². The lowest BCUT2D eigenvalue weighted by atomic mass is 9.84. The minimum atomic E-state index is -3.86. The molecule has 2 fully saturated rings. The summed E-state index contributed by atoms with van der Waals surface area (Å²) in [6, 6.07) is 15.6. The van der Waals surface area contributed by atoms with E-state index in [9.17, 15) is 8.42 Å². The predicted molar refractivity (Wildman–Crippen MR) is 121 cm³/mol. The molecule has 162 valence electrons. The number of halogens is 1. The van der Waals surface area contributed by atoms with Crippen LogP contribution in [0.3, 0.4) is 0 Å². The molecule has 2 aromatic carbocycles. The maximum absolute atomic E-state index is 13.4. The Kier molecular flexibility index (Phi) is 5.30. The van der Waals surface area contributed by atoms with Gasteiger partial charge in [-0.25, -0.2) is 8.42 Å². The second kappa shape index (κ2) is 7.99. The minimum absolute atomic E-state index is 0.0899. The molecule has 31 heavy (non-hydrogen) atoms. The van der Waals surface area contributed by atoms with Gasteiger partial charge in [0.2, 0.25) is 26.6 Å². The minimum Gasteiger partial charge on any atom is -0.419 e. The smallest absolute Gasteiger partial charge is 0.234 e. The first-order valence-corrected chi connectivity index (χ1v) is 12.6. The number of aromatic nitrogens is 1. The van der Waals surface area contributed by atoms with Gasteiger partial charge in [0.05, 0.1) is 15.5 Å². The summed E-state index contributed by atoms with van der Waals surface area (Å²) in [6.07, 6.45) is 5.05. The third-order valence-corrected chi connectivity index (χ3v) is 8.81. The first-order valence-electron chi connectivity index (χ1n) is 10.8. The number of hydrogen-bond acceptors (Lipinski definition) is 5. The molecule has 2 aliphatic carbocycles. The van der Waals surface area contributed by atoms with Crippen molar-refractivity contribution in [2.24, 2.45) is 17.8 Å². The quantitative estimate of drug-likeness (QED) is 0.487. The summed E-state index contributed by atoms with van der Waals surface area (Å²) in [5.74, 6) is 2.41.